The van der Waals surface area contributed by atoms with Gasteiger partial charge in [0.2, 0.25) is 0 Å². The van der Waals surface area contributed by atoms with Gasteiger partial charge >= 0.3 is 0 Å². The van der Waals surface area contributed by atoms with Gasteiger partial charge in [-0.2, -0.15) is 0 Å². The van der Waals surface area contributed by atoms with E-state index in [1.54, 1.807) is 0 Å². The standard InChI is InChI=1S/C16H36N2O/c1-6-8-11-18(12-9-7-2)13-10-16(5,14-19)17-15(3)4/h15,17,19H,6-14H2,1-5H3. The van der Waals surface area contributed by atoms with Crippen molar-refractivity contribution in [1.29, 1.82) is 0 Å². The molecule has 0 radical (unpaired) electrons. The highest BCUT2D eigenvalue weighted by atomic mass is 16.3. The van der Waals surface area contributed by atoms with E-state index in [2.05, 4.69) is 44.8 Å². The van der Waals surface area contributed by atoms with Crippen LogP contribution in [0.2, 0.25) is 0 Å². The summed E-state index contributed by atoms with van der Waals surface area (Å²) in [5, 5.41) is 13.1. The Balaban J connectivity index is 4.23. The molecule has 19 heavy (non-hydrogen) atoms. The summed E-state index contributed by atoms with van der Waals surface area (Å²) >= 11 is 0. The van der Waals surface area contributed by atoms with Crippen LogP contribution in [0.4, 0.5) is 0 Å². The largest absolute Gasteiger partial charge is 0.394 e. The maximum atomic E-state index is 9.62. The average Bonchev–Trinajstić information content (AvgIpc) is 2.37. The van der Waals surface area contributed by atoms with E-state index in [1.807, 2.05) is 0 Å². The van der Waals surface area contributed by atoms with Crippen molar-refractivity contribution in [3.05, 3.63) is 0 Å². The first-order valence-corrected chi connectivity index (χ1v) is 8.08. The lowest BCUT2D eigenvalue weighted by atomic mass is 9.97. The van der Waals surface area contributed by atoms with Crippen LogP contribution in [0.3, 0.4) is 0 Å². The summed E-state index contributed by atoms with van der Waals surface area (Å²) in [6.45, 7) is 14.6. The summed E-state index contributed by atoms with van der Waals surface area (Å²) in [7, 11) is 0. The Hall–Kier alpha value is -0.120. The fraction of sp³-hybridized carbons (Fsp3) is 1.00. The van der Waals surface area contributed by atoms with E-state index in [0.29, 0.717) is 6.04 Å². The molecule has 0 aliphatic heterocycles. The number of hydrogen-bond donors (Lipinski definition) is 2. The monoisotopic (exact) mass is 272 g/mol. The van der Waals surface area contributed by atoms with Crippen molar-refractivity contribution in [3.8, 4) is 0 Å². The molecule has 0 bridgehead atoms. The Labute approximate surface area is 120 Å². The van der Waals surface area contributed by atoms with Crippen LogP contribution in [0, 0.1) is 0 Å². The molecule has 0 aromatic rings. The second kappa shape index (κ2) is 10.6. The molecular formula is C16H36N2O. The summed E-state index contributed by atoms with van der Waals surface area (Å²) in [6.07, 6.45) is 6.07. The summed E-state index contributed by atoms with van der Waals surface area (Å²) < 4.78 is 0. The van der Waals surface area contributed by atoms with Crippen LogP contribution in [-0.4, -0.2) is 47.8 Å². The molecule has 0 spiro atoms. The zero-order valence-corrected chi connectivity index (χ0v) is 13.8. The molecule has 0 heterocycles. The molecule has 0 fully saturated rings. The minimum atomic E-state index is -0.148. The number of rotatable bonds is 12. The molecule has 1 atom stereocenters. The summed E-state index contributed by atoms with van der Waals surface area (Å²) in [4.78, 5) is 2.56. The molecule has 0 aliphatic carbocycles. The summed E-state index contributed by atoms with van der Waals surface area (Å²) in [5.41, 5.74) is -0.148. The molecule has 0 amide bonds. The van der Waals surface area contributed by atoms with Crippen LogP contribution >= 0.6 is 0 Å². The van der Waals surface area contributed by atoms with Crippen LogP contribution in [0.25, 0.3) is 0 Å². The zero-order chi connectivity index (χ0) is 14.7. The predicted octanol–water partition coefficient (Wildman–Crippen LogP) is 3.03. The van der Waals surface area contributed by atoms with Crippen LogP contribution in [0.1, 0.15) is 66.7 Å². The van der Waals surface area contributed by atoms with Gasteiger partial charge in [0.25, 0.3) is 0 Å². The van der Waals surface area contributed by atoms with Crippen LogP contribution in [-0.2, 0) is 0 Å². The fourth-order valence-electron chi connectivity index (χ4n) is 2.40. The van der Waals surface area contributed by atoms with Gasteiger partial charge in [0.15, 0.2) is 0 Å². The van der Waals surface area contributed by atoms with Crippen molar-refractivity contribution < 1.29 is 5.11 Å². The Morgan fingerprint density at radius 2 is 1.58 bits per heavy atom. The van der Waals surface area contributed by atoms with Gasteiger partial charge in [0, 0.05) is 11.6 Å². The third kappa shape index (κ3) is 9.42. The zero-order valence-electron chi connectivity index (χ0n) is 13.8. The quantitative estimate of drug-likeness (QED) is 0.573. The highest BCUT2D eigenvalue weighted by Crippen LogP contribution is 2.12. The first-order valence-electron chi connectivity index (χ1n) is 8.08. The molecule has 3 nitrogen and oxygen atoms in total. The maximum Gasteiger partial charge on any atom is 0.0611 e. The van der Waals surface area contributed by atoms with Crippen LogP contribution in [0.15, 0.2) is 0 Å². The van der Waals surface area contributed by atoms with Gasteiger partial charge < -0.3 is 15.3 Å². The maximum absolute atomic E-state index is 9.62. The third-order valence-electron chi connectivity index (χ3n) is 3.62. The summed E-state index contributed by atoms with van der Waals surface area (Å²) in [5.74, 6) is 0. The number of nitrogens with one attached hydrogen (secondary N) is 1. The second-order valence-electron chi connectivity index (χ2n) is 6.32. The van der Waals surface area contributed by atoms with Crippen molar-refractivity contribution in [1.82, 2.24) is 10.2 Å². The van der Waals surface area contributed by atoms with E-state index in [4.69, 9.17) is 0 Å². The van der Waals surface area contributed by atoms with Gasteiger partial charge in [0.05, 0.1) is 6.61 Å². The Kier molecular flexibility index (Phi) is 10.6. The van der Waals surface area contributed by atoms with Crippen molar-refractivity contribution >= 4 is 0 Å². The SMILES string of the molecule is CCCCN(CCCC)CCC(C)(CO)NC(C)C. The Morgan fingerprint density at radius 3 is 1.95 bits per heavy atom. The Morgan fingerprint density at radius 1 is 1.05 bits per heavy atom. The van der Waals surface area contributed by atoms with Gasteiger partial charge in [0.1, 0.15) is 0 Å². The van der Waals surface area contributed by atoms with Crippen molar-refractivity contribution in [2.75, 3.05) is 26.2 Å². The lowest BCUT2D eigenvalue weighted by Gasteiger charge is -2.34. The molecule has 0 aliphatic rings. The molecule has 0 rings (SSSR count). The predicted molar refractivity (Wildman–Crippen MR) is 84.6 cm³/mol. The number of aliphatic hydroxyl groups excluding tert-OH is 1. The van der Waals surface area contributed by atoms with Crippen LogP contribution < -0.4 is 5.32 Å². The normalized spacial score (nSPS) is 15.2. The Bertz CT molecular complexity index is 201. The molecule has 2 N–H and O–H groups in total. The van der Waals surface area contributed by atoms with Crippen molar-refractivity contribution in [2.45, 2.75) is 78.3 Å². The minimum Gasteiger partial charge on any atom is -0.394 e. The topological polar surface area (TPSA) is 35.5 Å². The third-order valence-corrected chi connectivity index (χ3v) is 3.62. The van der Waals surface area contributed by atoms with Gasteiger partial charge in [-0.3, -0.25) is 0 Å². The fourth-order valence-corrected chi connectivity index (χ4v) is 2.40. The number of aliphatic hydroxyl groups is 1. The van der Waals surface area contributed by atoms with Crippen LogP contribution in [0.5, 0.6) is 0 Å². The van der Waals surface area contributed by atoms with Gasteiger partial charge in [-0.05, 0) is 45.8 Å². The van der Waals surface area contributed by atoms with E-state index in [9.17, 15) is 5.11 Å². The van der Waals surface area contributed by atoms with E-state index >= 15 is 0 Å². The second-order valence-corrected chi connectivity index (χ2v) is 6.32. The van der Waals surface area contributed by atoms with E-state index in [0.717, 1.165) is 13.0 Å². The van der Waals surface area contributed by atoms with E-state index in [-0.39, 0.29) is 12.1 Å². The molecule has 0 aromatic heterocycles. The first kappa shape index (κ1) is 18.9. The molecule has 1 unspecified atom stereocenters. The lowest BCUT2D eigenvalue weighted by molar-refractivity contribution is 0.136. The molecule has 3 heteroatoms. The smallest absolute Gasteiger partial charge is 0.0611 e. The number of unbranched alkanes of at least 4 members (excludes halogenated alkanes) is 2. The van der Waals surface area contributed by atoms with Gasteiger partial charge in [-0.15, -0.1) is 0 Å². The van der Waals surface area contributed by atoms with Gasteiger partial charge in [-0.1, -0.05) is 40.5 Å². The van der Waals surface area contributed by atoms with Crippen molar-refractivity contribution in [3.63, 3.8) is 0 Å². The highest BCUT2D eigenvalue weighted by Gasteiger charge is 2.24. The van der Waals surface area contributed by atoms with Gasteiger partial charge in [-0.25, -0.2) is 0 Å². The molecule has 0 saturated carbocycles. The van der Waals surface area contributed by atoms with E-state index in [1.165, 1.54) is 38.8 Å². The molecular weight excluding hydrogens is 236 g/mol. The first-order chi connectivity index (χ1) is 8.97. The lowest BCUT2D eigenvalue weighted by Crippen LogP contribution is -2.51. The average molecular weight is 272 g/mol. The van der Waals surface area contributed by atoms with E-state index < -0.39 is 0 Å². The molecule has 0 saturated heterocycles. The molecule has 0 aromatic carbocycles. The number of nitrogens with zero attached hydrogens (tertiary/aromatic N) is 1. The molecule has 116 valence electrons. The minimum absolute atomic E-state index is 0.148. The highest BCUT2D eigenvalue weighted by molar-refractivity contribution is 4.85. The van der Waals surface area contributed by atoms with Crippen molar-refractivity contribution in [2.24, 2.45) is 0 Å². The summed E-state index contributed by atoms with van der Waals surface area (Å²) in [6, 6.07) is 0.414. The number of hydrogen-bond acceptors (Lipinski definition) is 3.